The van der Waals surface area contributed by atoms with Crippen LogP contribution in [0.1, 0.15) is 23.8 Å². The Labute approximate surface area is 91.9 Å². The highest BCUT2D eigenvalue weighted by molar-refractivity contribution is 5.77. The van der Waals surface area contributed by atoms with Gasteiger partial charge in [-0.25, -0.2) is 4.98 Å². The molecule has 1 aromatic carbocycles. The van der Waals surface area contributed by atoms with Crippen molar-refractivity contribution in [2.75, 3.05) is 0 Å². The molecule has 0 saturated heterocycles. The van der Waals surface area contributed by atoms with Gasteiger partial charge in [0.05, 0.1) is 5.92 Å². The number of aromatic nitrogens is 1. The van der Waals surface area contributed by atoms with Crippen LogP contribution >= 0.6 is 0 Å². The number of carboxylic acid groups (broad SMARTS) is 1. The van der Waals surface area contributed by atoms with Crippen LogP contribution in [0.2, 0.25) is 0 Å². The molecule has 0 amide bonds. The summed E-state index contributed by atoms with van der Waals surface area (Å²) in [5.74, 6) is -0.136. The quantitative estimate of drug-likeness (QED) is 0.838. The van der Waals surface area contributed by atoms with Gasteiger partial charge in [0.2, 0.25) is 0 Å². The largest absolute Gasteiger partial charge is 0.481 e. The monoisotopic (exact) mass is 217 g/mol. The summed E-state index contributed by atoms with van der Waals surface area (Å²) in [7, 11) is 0. The molecule has 2 atom stereocenters. The zero-order valence-corrected chi connectivity index (χ0v) is 8.80. The average molecular weight is 217 g/mol. The Bertz CT molecular complexity index is 573. The lowest BCUT2D eigenvalue weighted by Crippen LogP contribution is -1.98. The lowest BCUT2D eigenvalue weighted by atomic mass is 10.1. The van der Waals surface area contributed by atoms with Crippen LogP contribution in [-0.2, 0) is 4.79 Å². The molecule has 82 valence electrons. The van der Waals surface area contributed by atoms with Crippen molar-refractivity contribution in [1.82, 2.24) is 4.98 Å². The summed E-state index contributed by atoms with van der Waals surface area (Å²) in [6.07, 6.45) is 0.734. The molecule has 4 heteroatoms. The van der Waals surface area contributed by atoms with Gasteiger partial charge in [-0.15, -0.1) is 0 Å². The van der Waals surface area contributed by atoms with E-state index in [4.69, 9.17) is 9.52 Å². The fraction of sp³-hybridized carbons (Fsp3) is 0.333. The summed E-state index contributed by atoms with van der Waals surface area (Å²) in [5, 5.41) is 8.87. The smallest absolute Gasteiger partial charge is 0.307 e. The Morgan fingerprint density at radius 3 is 3.06 bits per heavy atom. The molecule has 3 rings (SSSR count). The Morgan fingerprint density at radius 2 is 2.38 bits per heavy atom. The number of hydrogen-bond donors (Lipinski definition) is 1. The summed E-state index contributed by atoms with van der Waals surface area (Å²) in [6.45, 7) is 1.80. The summed E-state index contributed by atoms with van der Waals surface area (Å²) in [4.78, 5) is 15.0. The first kappa shape index (κ1) is 9.39. The van der Waals surface area contributed by atoms with Gasteiger partial charge in [0.25, 0.3) is 0 Å². The van der Waals surface area contributed by atoms with Gasteiger partial charge >= 0.3 is 5.97 Å². The highest BCUT2D eigenvalue weighted by atomic mass is 16.4. The van der Waals surface area contributed by atoms with Crippen LogP contribution in [0, 0.1) is 12.8 Å². The number of aryl methyl sites for hydroxylation is 1. The zero-order valence-electron chi connectivity index (χ0n) is 8.80. The van der Waals surface area contributed by atoms with Crippen molar-refractivity contribution in [3.63, 3.8) is 0 Å². The van der Waals surface area contributed by atoms with Crippen LogP contribution in [-0.4, -0.2) is 16.1 Å². The van der Waals surface area contributed by atoms with E-state index in [9.17, 15) is 4.79 Å². The zero-order chi connectivity index (χ0) is 11.3. The predicted molar refractivity (Wildman–Crippen MR) is 57.2 cm³/mol. The Morgan fingerprint density at radius 1 is 1.56 bits per heavy atom. The molecule has 1 aromatic heterocycles. The third kappa shape index (κ3) is 1.38. The van der Waals surface area contributed by atoms with Crippen molar-refractivity contribution in [1.29, 1.82) is 0 Å². The number of aliphatic carboxylic acids is 1. The van der Waals surface area contributed by atoms with Crippen LogP contribution < -0.4 is 0 Å². The van der Waals surface area contributed by atoms with Crippen LogP contribution in [0.15, 0.2) is 22.6 Å². The summed E-state index contributed by atoms with van der Waals surface area (Å²) in [5.41, 5.74) is 2.62. The minimum atomic E-state index is -0.707. The van der Waals surface area contributed by atoms with E-state index in [1.165, 1.54) is 0 Å². The molecule has 0 aliphatic heterocycles. The number of hydrogen-bond acceptors (Lipinski definition) is 3. The normalized spacial score (nSPS) is 23.6. The third-order valence-corrected chi connectivity index (χ3v) is 3.05. The molecule has 4 nitrogen and oxygen atoms in total. The third-order valence-electron chi connectivity index (χ3n) is 3.05. The van der Waals surface area contributed by atoms with E-state index >= 15 is 0 Å². The van der Waals surface area contributed by atoms with Gasteiger partial charge in [-0.2, -0.15) is 0 Å². The molecule has 1 aliphatic rings. The number of carbonyl (C=O) groups is 1. The second kappa shape index (κ2) is 3.07. The molecule has 1 aliphatic carbocycles. The molecule has 2 unspecified atom stereocenters. The van der Waals surface area contributed by atoms with E-state index < -0.39 is 5.97 Å². The first-order chi connectivity index (χ1) is 7.65. The SMILES string of the molecule is Cc1nc2cc(C3CC3C(=O)O)ccc2o1. The van der Waals surface area contributed by atoms with Gasteiger partial charge < -0.3 is 9.52 Å². The highest BCUT2D eigenvalue weighted by Gasteiger charge is 2.44. The lowest BCUT2D eigenvalue weighted by molar-refractivity contribution is -0.138. The number of rotatable bonds is 2. The fourth-order valence-corrected chi connectivity index (χ4v) is 2.13. The van der Waals surface area contributed by atoms with E-state index in [-0.39, 0.29) is 11.8 Å². The number of fused-ring (bicyclic) bond motifs is 1. The minimum absolute atomic E-state index is 0.152. The van der Waals surface area contributed by atoms with Crippen LogP contribution in [0.4, 0.5) is 0 Å². The van der Waals surface area contributed by atoms with Crippen molar-refractivity contribution in [3.05, 3.63) is 29.7 Å². The van der Waals surface area contributed by atoms with Gasteiger partial charge in [0.1, 0.15) is 5.52 Å². The molecule has 1 fully saturated rings. The van der Waals surface area contributed by atoms with E-state index in [1.807, 2.05) is 18.2 Å². The van der Waals surface area contributed by atoms with Gasteiger partial charge in [-0.05, 0) is 30.0 Å². The molecule has 1 saturated carbocycles. The molecule has 16 heavy (non-hydrogen) atoms. The van der Waals surface area contributed by atoms with E-state index in [1.54, 1.807) is 6.92 Å². The summed E-state index contributed by atoms with van der Waals surface area (Å²) in [6, 6.07) is 5.72. The molecular formula is C12H11NO3. The Hall–Kier alpha value is -1.84. The standard InChI is InChI=1S/C12H11NO3/c1-6-13-10-4-7(2-3-11(10)16-6)8-5-9(8)12(14)15/h2-4,8-9H,5H2,1H3,(H,14,15). The fourth-order valence-electron chi connectivity index (χ4n) is 2.13. The Balaban J connectivity index is 1.97. The second-order valence-corrected chi connectivity index (χ2v) is 4.25. The van der Waals surface area contributed by atoms with Crippen molar-refractivity contribution >= 4 is 17.1 Å². The first-order valence-corrected chi connectivity index (χ1v) is 5.25. The summed E-state index contributed by atoms with van der Waals surface area (Å²) >= 11 is 0. The number of benzene rings is 1. The van der Waals surface area contributed by atoms with Gasteiger partial charge in [-0.1, -0.05) is 6.07 Å². The van der Waals surface area contributed by atoms with Crippen molar-refractivity contribution in [2.24, 2.45) is 5.92 Å². The van der Waals surface area contributed by atoms with E-state index in [0.717, 1.165) is 23.1 Å². The molecule has 1 N–H and O–H groups in total. The highest BCUT2D eigenvalue weighted by Crippen LogP contribution is 2.47. The molecule has 2 aromatic rings. The van der Waals surface area contributed by atoms with Crippen LogP contribution in [0.25, 0.3) is 11.1 Å². The van der Waals surface area contributed by atoms with E-state index in [2.05, 4.69) is 4.98 Å². The molecule has 0 radical (unpaired) electrons. The van der Waals surface area contributed by atoms with Gasteiger partial charge in [-0.3, -0.25) is 4.79 Å². The maximum Gasteiger partial charge on any atom is 0.307 e. The number of oxazole rings is 1. The predicted octanol–water partition coefficient (Wildman–Crippen LogP) is 2.32. The van der Waals surface area contributed by atoms with Crippen LogP contribution in [0.3, 0.4) is 0 Å². The molecule has 0 spiro atoms. The maximum absolute atomic E-state index is 10.8. The van der Waals surface area contributed by atoms with Crippen molar-refractivity contribution in [2.45, 2.75) is 19.3 Å². The maximum atomic E-state index is 10.8. The average Bonchev–Trinajstić information content (AvgIpc) is 2.94. The molecule has 1 heterocycles. The first-order valence-electron chi connectivity index (χ1n) is 5.25. The Kier molecular flexibility index (Phi) is 1.80. The molecular weight excluding hydrogens is 206 g/mol. The van der Waals surface area contributed by atoms with Gasteiger partial charge in [0, 0.05) is 6.92 Å². The topological polar surface area (TPSA) is 63.3 Å². The lowest BCUT2D eigenvalue weighted by Gasteiger charge is -1.97. The minimum Gasteiger partial charge on any atom is -0.481 e. The number of nitrogens with zero attached hydrogens (tertiary/aromatic N) is 1. The van der Waals surface area contributed by atoms with Gasteiger partial charge in [0.15, 0.2) is 11.5 Å². The van der Waals surface area contributed by atoms with Crippen LogP contribution in [0.5, 0.6) is 0 Å². The summed E-state index contributed by atoms with van der Waals surface area (Å²) < 4.78 is 5.37. The second-order valence-electron chi connectivity index (χ2n) is 4.25. The van der Waals surface area contributed by atoms with Crippen molar-refractivity contribution in [3.8, 4) is 0 Å². The molecule has 0 bridgehead atoms. The van der Waals surface area contributed by atoms with E-state index in [0.29, 0.717) is 5.89 Å². The van der Waals surface area contributed by atoms with Crippen molar-refractivity contribution < 1.29 is 14.3 Å². The number of carboxylic acids is 1.